The lowest BCUT2D eigenvalue weighted by Crippen LogP contribution is -2.24. The summed E-state index contributed by atoms with van der Waals surface area (Å²) in [6, 6.07) is 0.648. The second-order valence-corrected chi connectivity index (χ2v) is 3.80. The van der Waals surface area contributed by atoms with Gasteiger partial charge >= 0.3 is 6.18 Å². The molecule has 1 aromatic rings. The molecular weight excluding hydrogens is 259 g/mol. The van der Waals surface area contributed by atoms with Gasteiger partial charge in [-0.25, -0.2) is 4.98 Å². The van der Waals surface area contributed by atoms with E-state index in [0.29, 0.717) is 10.6 Å². The Bertz CT molecular complexity index is 386. The van der Waals surface area contributed by atoms with Crippen molar-refractivity contribution in [3.05, 3.63) is 22.8 Å². The number of alkyl halides is 3. The Labute approximate surface area is 101 Å². The number of halogens is 4. The van der Waals surface area contributed by atoms with Crippen LogP contribution in [-0.2, 0) is 4.74 Å². The van der Waals surface area contributed by atoms with E-state index in [-0.39, 0.29) is 12.4 Å². The van der Waals surface area contributed by atoms with Crippen LogP contribution in [0.3, 0.4) is 0 Å². The van der Waals surface area contributed by atoms with Crippen LogP contribution >= 0.6 is 11.6 Å². The lowest BCUT2D eigenvalue weighted by atomic mass is 10.1. The lowest BCUT2D eigenvalue weighted by molar-refractivity contribution is -0.174. The average Bonchev–Trinajstić information content (AvgIpc) is 2.19. The van der Waals surface area contributed by atoms with E-state index in [1.54, 1.807) is 0 Å². The fourth-order valence-corrected chi connectivity index (χ4v) is 1.32. The zero-order valence-electron chi connectivity index (χ0n) is 8.67. The number of hydrogen-bond acceptors (Lipinski definition) is 4. The highest BCUT2D eigenvalue weighted by molar-refractivity contribution is 6.30. The van der Waals surface area contributed by atoms with Crippen LogP contribution in [0.1, 0.15) is 11.6 Å². The van der Waals surface area contributed by atoms with Crippen LogP contribution in [0.2, 0.25) is 5.02 Å². The summed E-state index contributed by atoms with van der Waals surface area (Å²) in [7, 11) is 0. The van der Waals surface area contributed by atoms with Gasteiger partial charge in [0.25, 0.3) is 0 Å². The minimum atomic E-state index is -4.38. The second-order valence-electron chi connectivity index (χ2n) is 3.36. The van der Waals surface area contributed by atoms with Crippen LogP contribution in [0.15, 0.2) is 12.3 Å². The Morgan fingerprint density at radius 3 is 2.71 bits per heavy atom. The molecule has 0 spiro atoms. The molecule has 1 heterocycles. The van der Waals surface area contributed by atoms with Gasteiger partial charge in [-0.05, 0) is 6.07 Å². The van der Waals surface area contributed by atoms with E-state index < -0.39 is 18.8 Å². The third-order valence-electron chi connectivity index (χ3n) is 1.88. The SMILES string of the molecule is Nc1ncc(Cl)cc1C(N)COCC(F)(F)F. The zero-order valence-corrected chi connectivity index (χ0v) is 9.42. The van der Waals surface area contributed by atoms with Crippen LogP contribution < -0.4 is 11.5 Å². The smallest absolute Gasteiger partial charge is 0.383 e. The van der Waals surface area contributed by atoms with E-state index in [9.17, 15) is 13.2 Å². The molecule has 0 saturated heterocycles. The molecule has 0 aliphatic heterocycles. The van der Waals surface area contributed by atoms with Gasteiger partial charge in [0.2, 0.25) is 0 Å². The molecule has 8 heteroatoms. The monoisotopic (exact) mass is 269 g/mol. The van der Waals surface area contributed by atoms with Gasteiger partial charge in [0.05, 0.1) is 17.7 Å². The van der Waals surface area contributed by atoms with Crippen LogP contribution in [0.25, 0.3) is 0 Å². The predicted octanol–water partition coefficient (Wildman–Crippen LogP) is 1.90. The summed E-state index contributed by atoms with van der Waals surface area (Å²) in [5.41, 5.74) is 11.5. The van der Waals surface area contributed by atoms with Gasteiger partial charge < -0.3 is 16.2 Å². The van der Waals surface area contributed by atoms with E-state index >= 15 is 0 Å². The average molecular weight is 270 g/mol. The highest BCUT2D eigenvalue weighted by Crippen LogP contribution is 2.21. The van der Waals surface area contributed by atoms with Gasteiger partial charge in [-0.1, -0.05) is 11.6 Å². The molecule has 1 atom stereocenters. The van der Waals surface area contributed by atoms with Gasteiger partial charge in [-0.3, -0.25) is 0 Å². The maximum Gasteiger partial charge on any atom is 0.411 e. The van der Waals surface area contributed by atoms with Crippen molar-refractivity contribution >= 4 is 17.4 Å². The second kappa shape index (κ2) is 5.52. The first-order valence-electron chi connectivity index (χ1n) is 4.60. The van der Waals surface area contributed by atoms with Gasteiger partial charge in [0.1, 0.15) is 12.4 Å². The van der Waals surface area contributed by atoms with Crippen molar-refractivity contribution < 1.29 is 17.9 Å². The van der Waals surface area contributed by atoms with Crippen molar-refractivity contribution in [2.75, 3.05) is 18.9 Å². The van der Waals surface area contributed by atoms with Gasteiger partial charge in [0.15, 0.2) is 0 Å². The van der Waals surface area contributed by atoms with E-state index in [4.69, 9.17) is 23.1 Å². The summed E-state index contributed by atoms with van der Waals surface area (Å²) in [5.74, 6) is 0.123. The third-order valence-corrected chi connectivity index (χ3v) is 2.09. The Hall–Kier alpha value is -1.05. The number of rotatable bonds is 4. The molecule has 0 aliphatic carbocycles. The molecule has 0 amide bonds. The highest BCUT2D eigenvalue weighted by atomic mass is 35.5. The van der Waals surface area contributed by atoms with Crippen molar-refractivity contribution in [3.63, 3.8) is 0 Å². The molecule has 0 aliphatic rings. The first-order chi connectivity index (χ1) is 7.79. The predicted molar refractivity (Wildman–Crippen MR) is 57.5 cm³/mol. The fourth-order valence-electron chi connectivity index (χ4n) is 1.15. The molecule has 0 radical (unpaired) electrons. The topological polar surface area (TPSA) is 74.2 Å². The molecule has 0 bridgehead atoms. The summed E-state index contributed by atoms with van der Waals surface area (Å²) in [5, 5.41) is 0.306. The summed E-state index contributed by atoms with van der Waals surface area (Å²) < 4.78 is 39.9. The molecule has 1 rings (SSSR count). The normalized spacial score (nSPS) is 13.7. The van der Waals surface area contributed by atoms with Crippen LogP contribution in [0.5, 0.6) is 0 Å². The molecule has 1 unspecified atom stereocenters. The Morgan fingerprint density at radius 1 is 1.47 bits per heavy atom. The maximum atomic E-state index is 11.8. The highest BCUT2D eigenvalue weighted by Gasteiger charge is 2.28. The molecule has 1 aromatic heterocycles. The fraction of sp³-hybridized carbons (Fsp3) is 0.444. The number of pyridine rings is 1. The van der Waals surface area contributed by atoms with Gasteiger partial charge in [0, 0.05) is 11.8 Å². The number of nitrogen functional groups attached to an aromatic ring is 1. The number of nitrogens with two attached hydrogens (primary N) is 2. The van der Waals surface area contributed by atoms with E-state index in [1.807, 2.05) is 0 Å². The summed E-state index contributed by atoms with van der Waals surface area (Å²) >= 11 is 5.67. The molecule has 96 valence electrons. The van der Waals surface area contributed by atoms with Crippen molar-refractivity contribution in [2.24, 2.45) is 5.73 Å². The van der Waals surface area contributed by atoms with Crippen molar-refractivity contribution in [1.29, 1.82) is 0 Å². The summed E-state index contributed by atoms with van der Waals surface area (Å²) in [6.45, 7) is -1.67. The number of ether oxygens (including phenoxy) is 1. The van der Waals surface area contributed by atoms with Crippen molar-refractivity contribution in [1.82, 2.24) is 4.98 Å². The molecular formula is C9H11ClF3N3O. The van der Waals surface area contributed by atoms with Crippen LogP contribution in [0, 0.1) is 0 Å². The first-order valence-corrected chi connectivity index (χ1v) is 4.98. The maximum absolute atomic E-state index is 11.8. The summed E-state index contributed by atoms with van der Waals surface area (Å²) in [6.07, 6.45) is -3.05. The lowest BCUT2D eigenvalue weighted by Gasteiger charge is -2.15. The number of nitrogens with zero attached hydrogens (tertiary/aromatic N) is 1. The molecule has 4 nitrogen and oxygen atoms in total. The number of hydrogen-bond donors (Lipinski definition) is 2. The summed E-state index contributed by atoms with van der Waals surface area (Å²) in [4.78, 5) is 3.74. The Kier molecular flexibility index (Phi) is 4.55. The molecule has 0 aromatic carbocycles. The van der Waals surface area contributed by atoms with Crippen molar-refractivity contribution in [2.45, 2.75) is 12.2 Å². The minimum absolute atomic E-state index is 0.123. The Balaban J connectivity index is 2.58. The minimum Gasteiger partial charge on any atom is -0.383 e. The number of aromatic nitrogens is 1. The number of anilines is 1. The molecule has 0 fully saturated rings. The standard InChI is InChI=1S/C9H11ClF3N3O/c10-5-1-6(8(15)16-2-5)7(14)3-17-4-9(11,12)13/h1-2,7H,3-4,14H2,(H2,15,16). The van der Waals surface area contributed by atoms with Gasteiger partial charge in [-0.2, -0.15) is 13.2 Å². The van der Waals surface area contributed by atoms with Gasteiger partial charge in [-0.15, -0.1) is 0 Å². The molecule has 4 N–H and O–H groups in total. The largest absolute Gasteiger partial charge is 0.411 e. The zero-order chi connectivity index (χ0) is 13.1. The van der Waals surface area contributed by atoms with E-state index in [2.05, 4.69) is 9.72 Å². The van der Waals surface area contributed by atoms with E-state index in [0.717, 1.165) is 0 Å². The third kappa shape index (κ3) is 4.76. The Morgan fingerprint density at radius 2 is 2.12 bits per heavy atom. The molecule has 17 heavy (non-hydrogen) atoms. The van der Waals surface area contributed by atoms with Crippen molar-refractivity contribution in [3.8, 4) is 0 Å². The first kappa shape index (κ1) is 14.0. The van der Waals surface area contributed by atoms with E-state index in [1.165, 1.54) is 12.3 Å². The quantitative estimate of drug-likeness (QED) is 0.875. The molecule has 0 saturated carbocycles. The van der Waals surface area contributed by atoms with Crippen LogP contribution in [0.4, 0.5) is 19.0 Å². The van der Waals surface area contributed by atoms with Crippen LogP contribution in [-0.4, -0.2) is 24.4 Å².